The quantitative estimate of drug-likeness (QED) is 0.753. The van der Waals surface area contributed by atoms with Crippen molar-refractivity contribution >= 4 is 21.6 Å². The molecule has 0 fully saturated rings. The van der Waals surface area contributed by atoms with Crippen molar-refractivity contribution in [2.24, 2.45) is 0 Å². The van der Waals surface area contributed by atoms with E-state index in [-0.39, 0.29) is 5.56 Å². The van der Waals surface area contributed by atoms with E-state index < -0.39 is 0 Å². The van der Waals surface area contributed by atoms with E-state index in [2.05, 4.69) is 25.1 Å². The maximum absolute atomic E-state index is 12.0. The second-order valence-corrected chi connectivity index (χ2v) is 6.30. The molecule has 0 aliphatic carbocycles. The normalized spacial score (nSPS) is 15.5. The lowest BCUT2D eigenvalue weighted by atomic mass is 10.1. The Balaban J connectivity index is 1.61. The van der Waals surface area contributed by atoms with Gasteiger partial charge in [-0.15, -0.1) is 11.3 Å². The van der Waals surface area contributed by atoms with E-state index in [9.17, 15) is 4.79 Å². The van der Waals surface area contributed by atoms with Gasteiger partial charge < -0.3 is 4.98 Å². The Morgan fingerprint density at radius 3 is 3.29 bits per heavy atom. The summed E-state index contributed by atoms with van der Waals surface area (Å²) in [4.78, 5) is 21.7. The van der Waals surface area contributed by atoms with E-state index in [1.54, 1.807) is 0 Å². The molecule has 0 spiro atoms. The predicted molar refractivity (Wildman–Crippen MR) is 81.4 cm³/mol. The molecule has 2 N–H and O–H groups in total. The summed E-state index contributed by atoms with van der Waals surface area (Å²) >= 11 is 1.43. The third-order valence-electron chi connectivity index (χ3n) is 3.94. The highest BCUT2D eigenvalue weighted by molar-refractivity contribution is 7.17. The summed E-state index contributed by atoms with van der Waals surface area (Å²) in [6.07, 6.45) is 0.935. The molecule has 4 heterocycles. The van der Waals surface area contributed by atoms with Gasteiger partial charge in [0, 0.05) is 30.8 Å². The molecular formula is C14H15N5OS. The molecule has 0 aromatic carbocycles. The van der Waals surface area contributed by atoms with Crippen LogP contribution < -0.4 is 5.56 Å². The lowest BCUT2D eigenvalue weighted by molar-refractivity contribution is 0.238. The molecule has 0 unspecified atom stereocenters. The van der Waals surface area contributed by atoms with Crippen LogP contribution in [0.15, 0.2) is 16.2 Å². The minimum atomic E-state index is -0.0396. The number of nitrogens with zero attached hydrogens (tertiary/aromatic N) is 3. The van der Waals surface area contributed by atoms with Crippen LogP contribution in [-0.2, 0) is 19.5 Å². The first-order valence-electron chi connectivity index (χ1n) is 6.92. The Bertz CT molecular complexity index is 862. The molecule has 0 bridgehead atoms. The number of aromatic nitrogens is 4. The Kier molecular flexibility index (Phi) is 2.90. The third kappa shape index (κ3) is 2.18. The molecule has 4 rings (SSSR count). The number of nitrogens with one attached hydrogen (secondary N) is 2. The largest absolute Gasteiger partial charge is 0.308 e. The van der Waals surface area contributed by atoms with E-state index >= 15 is 0 Å². The van der Waals surface area contributed by atoms with E-state index in [0.29, 0.717) is 11.2 Å². The van der Waals surface area contributed by atoms with Gasteiger partial charge in [-0.2, -0.15) is 5.10 Å². The Morgan fingerprint density at radius 2 is 2.38 bits per heavy atom. The highest BCUT2D eigenvalue weighted by atomic mass is 32.1. The van der Waals surface area contributed by atoms with Crippen LogP contribution in [0.4, 0.5) is 0 Å². The van der Waals surface area contributed by atoms with E-state index in [0.717, 1.165) is 36.5 Å². The van der Waals surface area contributed by atoms with Gasteiger partial charge >= 0.3 is 0 Å². The summed E-state index contributed by atoms with van der Waals surface area (Å²) in [6, 6.07) is 1.90. The van der Waals surface area contributed by atoms with Crippen molar-refractivity contribution in [3.8, 4) is 0 Å². The molecule has 1 aliphatic rings. The Hall–Kier alpha value is -1.99. The maximum Gasteiger partial charge on any atom is 0.268 e. The van der Waals surface area contributed by atoms with Crippen LogP contribution >= 0.6 is 11.3 Å². The lowest BCUT2D eigenvalue weighted by Gasteiger charge is -2.25. The summed E-state index contributed by atoms with van der Waals surface area (Å²) in [7, 11) is 0. The van der Waals surface area contributed by atoms with Crippen LogP contribution in [0.2, 0.25) is 0 Å². The summed E-state index contributed by atoms with van der Waals surface area (Å²) < 4.78 is 0.699. The molecule has 0 saturated heterocycles. The van der Waals surface area contributed by atoms with Crippen molar-refractivity contribution in [1.82, 2.24) is 25.1 Å². The van der Waals surface area contributed by atoms with Gasteiger partial charge in [-0.3, -0.25) is 14.8 Å². The number of fused-ring (bicyclic) bond motifs is 2. The van der Waals surface area contributed by atoms with Gasteiger partial charge in [0.2, 0.25) is 0 Å². The SMILES string of the molecule is Cc1[nH]nc2c1CN(Cc1nc3ccsc3c(=O)[nH]1)CC2. The molecule has 6 nitrogen and oxygen atoms in total. The number of aromatic amines is 2. The number of aryl methyl sites for hydroxylation is 1. The van der Waals surface area contributed by atoms with Gasteiger partial charge in [-0.1, -0.05) is 0 Å². The van der Waals surface area contributed by atoms with Crippen LogP contribution in [0.25, 0.3) is 10.2 Å². The molecule has 3 aromatic heterocycles. The first-order chi connectivity index (χ1) is 10.2. The van der Waals surface area contributed by atoms with Crippen LogP contribution in [0.1, 0.15) is 22.8 Å². The molecule has 21 heavy (non-hydrogen) atoms. The van der Waals surface area contributed by atoms with Gasteiger partial charge in [0.05, 0.1) is 17.8 Å². The van der Waals surface area contributed by atoms with E-state index in [1.807, 2.05) is 18.4 Å². The number of hydrogen-bond acceptors (Lipinski definition) is 5. The monoisotopic (exact) mass is 301 g/mol. The fourth-order valence-electron chi connectivity index (χ4n) is 2.83. The van der Waals surface area contributed by atoms with Crippen LogP contribution in [0, 0.1) is 6.92 Å². The topological polar surface area (TPSA) is 77.7 Å². The molecule has 0 saturated carbocycles. The third-order valence-corrected chi connectivity index (χ3v) is 4.85. The molecule has 0 radical (unpaired) electrons. The summed E-state index contributed by atoms with van der Waals surface area (Å²) in [5, 5.41) is 9.27. The van der Waals surface area contributed by atoms with E-state index in [1.165, 1.54) is 22.6 Å². The van der Waals surface area contributed by atoms with Crippen molar-refractivity contribution in [3.05, 3.63) is 44.6 Å². The van der Waals surface area contributed by atoms with Gasteiger partial charge in [0.1, 0.15) is 10.5 Å². The molecule has 0 atom stereocenters. The number of thiophene rings is 1. The second-order valence-electron chi connectivity index (χ2n) is 5.38. The Labute approximate surface area is 124 Å². The maximum atomic E-state index is 12.0. The standard InChI is InChI=1S/C14H15N5OS/c1-8-9-6-19(4-2-10(9)18-17-8)7-12-15-11-3-5-21-13(11)14(20)16-12/h3,5H,2,4,6-7H2,1H3,(H,17,18)(H,15,16,20). The van der Waals surface area contributed by atoms with Gasteiger partial charge in [0.25, 0.3) is 5.56 Å². The Morgan fingerprint density at radius 1 is 1.48 bits per heavy atom. The van der Waals surface area contributed by atoms with Crippen molar-refractivity contribution in [3.63, 3.8) is 0 Å². The van der Waals surface area contributed by atoms with Crippen molar-refractivity contribution in [2.75, 3.05) is 6.54 Å². The zero-order chi connectivity index (χ0) is 14.4. The minimum absolute atomic E-state index is 0.0396. The summed E-state index contributed by atoms with van der Waals surface area (Å²) in [5.74, 6) is 0.732. The number of rotatable bonds is 2. The van der Waals surface area contributed by atoms with Crippen LogP contribution in [0.5, 0.6) is 0 Å². The summed E-state index contributed by atoms with van der Waals surface area (Å²) in [5.41, 5.74) is 4.32. The van der Waals surface area contributed by atoms with Crippen molar-refractivity contribution in [2.45, 2.75) is 26.4 Å². The molecule has 7 heteroatoms. The predicted octanol–water partition coefficient (Wildman–Crippen LogP) is 1.57. The lowest BCUT2D eigenvalue weighted by Crippen LogP contribution is -2.31. The van der Waals surface area contributed by atoms with Gasteiger partial charge in [-0.05, 0) is 18.4 Å². The molecule has 1 aliphatic heterocycles. The van der Waals surface area contributed by atoms with E-state index in [4.69, 9.17) is 0 Å². The first-order valence-corrected chi connectivity index (χ1v) is 7.80. The summed E-state index contributed by atoms with van der Waals surface area (Å²) in [6.45, 7) is 4.49. The average Bonchev–Trinajstić information content (AvgIpc) is 3.07. The van der Waals surface area contributed by atoms with Crippen molar-refractivity contribution in [1.29, 1.82) is 0 Å². The fourth-order valence-corrected chi connectivity index (χ4v) is 3.55. The van der Waals surface area contributed by atoms with Crippen LogP contribution in [0.3, 0.4) is 0 Å². The zero-order valence-corrected chi connectivity index (χ0v) is 12.5. The second kappa shape index (κ2) is 4.78. The number of H-pyrrole nitrogens is 2. The fraction of sp³-hybridized carbons (Fsp3) is 0.357. The number of hydrogen-bond donors (Lipinski definition) is 2. The highest BCUT2D eigenvalue weighted by Gasteiger charge is 2.21. The smallest absolute Gasteiger partial charge is 0.268 e. The molecule has 3 aromatic rings. The minimum Gasteiger partial charge on any atom is -0.308 e. The van der Waals surface area contributed by atoms with Crippen molar-refractivity contribution < 1.29 is 0 Å². The van der Waals surface area contributed by atoms with Gasteiger partial charge in [-0.25, -0.2) is 4.98 Å². The highest BCUT2D eigenvalue weighted by Crippen LogP contribution is 2.21. The molecule has 0 amide bonds. The van der Waals surface area contributed by atoms with Crippen LogP contribution in [-0.4, -0.2) is 31.6 Å². The first kappa shape index (κ1) is 12.7. The molecule has 108 valence electrons. The average molecular weight is 301 g/mol. The zero-order valence-electron chi connectivity index (χ0n) is 11.6. The molecular weight excluding hydrogens is 286 g/mol. The van der Waals surface area contributed by atoms with Gasteiger partial charge in [0.15, 0.2) is 0 Å².